The molecule has 0 fully saturated rings. The zero-order valence-corrected chi connectivity index (χ0v) is 13.1. The van der Waals surface area contributed by atoms with Gasteiger partial charge in [0.15, 0.2) is 0 Å². The summed E-state index contributed by atoms with van der Waals surface area (Å²) in [4.78, 5) is 0. The number of hydrogen-bond acceptors (Lipinski definition) is 2. The van der Waals surface area contributed by atoms with Crippen LogP contribution in [-0.4, -0.2) is 25.3 Å². The van der Waals surface area contributed by atoms with Crippen LogP contribution in [0.1, 0.15) is 79.1 Å². The van der Waals surface area contributed by atoms with Crippen molar-refractivity contribution < 1.29 is 4.74 Å². The van der Waals surface area contributed by atoms with Crippen molar-refractivity contribution in [2.75, 3.05) is 13.2 Å². The Morgan fingerprint density at radius 2 is 1.50 bits per heavy atom. The Morgan fingerprint density at radius 1 is 0.889 bits per heavy atom. The monoisotopic (exact) mass is 257 g/mol. The normalized spacial score (nSPS) is 14.7. The maximum Gasteiger partial charge on any atom is 0.0699 e. The molecular weight excluding hydrogens is 222 g/mol. The molecule has 0 amide bonds. The minimum Gasteiger partial charge on any atom is -0.377 e. The maximum absolute atomic E-state index is 5.70. The first-order valence-electron chi connectivity index (χ1n) is 8.11. The largest absolute Gasteiger partial charge is 0.377 e. The number of ether oxygens (including phenoxy) is 1. The first kappa shape index (κ1) is 17.9. The Bertz CT molecular complexity index is 161. The molecule has 0 aliphatic carbocycles. The number of rotatable bonds is 13. The molecule has 0 aromatic rings. The van der Waals surface area contributed by atoms with E-state index in [0.717, 1.165) is 13.2 Å². The zero-order valence-electron chi connectivity index (χ0n) is 13.1. The lowest BCUT2D eigenvalue weighted by molar-refractivity contribution is 0.0449. The lowest BCUT2D eigenvalue weighted by atomic mass is 10.0. The third kappa shape index (κ3) is 9.90. The predicted octanol–water partition coefficient (Wildman–Crippen LogP) is 4.53. The topological polar surface area (TPSA) is 21.3 Å². The Hall–Kier alpha value is -0.0800. The van der Waals surface area contributed by atoms with Gasteiger partial charge in [0.2, 0.25) is 0 Å². The third-order valence-corrected chi connectivity index (χ3v) is 3.58. The second kappa shape index (κ2) is 13.4. The molecular formula is C16H35NO. The summed E-state index contributed by atoms with van der Waals surface area (Å²) in [5.41, 5.74) is 0. The summed E-state index contributed by atoms with van der Waals surface area (Å²) >= 11 is 0. The van der Waals surface area contributed by atoms with Crippen LogP contribution < -0.4 is 5.32 Å². The lowest BCUT2D eigenvalue weighted by Gasteiger charge is -2.24. The second-order valence-corrected chi connectivity index (χ2v) is 5.23. The molecule has 0 spiro atoms. The predicted molar refractivity (Wildman–Crippen MR) is 81.2 cm³/mol. The average molecular weight is 257 g/mol. The van der Waals surface area contributed by atoms with Crippen LogP contribution in [-0.2, 0) is 4.74 Å². The summed E-state index contributed by atoms with van der Waals surface area (Å²) in [6.45, 7) is 10.6. The SMILES string of the molecule is CCCCCCCCCC(NCC)C(C)OCC. The molecule has 0 aliphatic rings. The third-order valence-electron chi connectivity index (χ3n) is 3.58. The van der Waals surface area contributed by atoms with E-state index in [2.05, 4.69) is 33.0 Å². The Balaban J connectivity index is 3.57. The molecule has 2 nitrogen and oxygen atoms in total. The molecule has 0 bridgehead atoms. The van der Waals surface area contributed by atoms with Gasteiger partial charge in [-0.2, -0.15) is 0 Å². The van der Waals surface area contributed by atoms with Crippen molar-refractivity contribution in [1.29, 1.82) is 0 Å². The molecule has 0 saturated heterocycles. The quantitative estimate of drug-likeness (QED) is 0.489. The van der Waals surface area contributed by atoms with Crippen LogP contribution in [0.3, 0.4) is 0 Å². The average Bonchev–Trinajstić information content (AvgIpc) is 2.36. The van der Waals surface area contributed by atoms with Crippen LogP contribution in [0.5, 0.6) is 0 Å². The summed E-state index contributed by atoms with van der Waals surface area (Å²) in [6.07, 6.45) is 11.3. The standard InChI is InChI=1S/C16H35NO/c1-5-8-9-10-11-12-13-14-16(17-6-2)15(4)18-7-3/h15-17H,5-14H2,1-4H3. The van der Waals surface area contributed by atoms with Crippen molar-refractivity contribution in [3.05, 3.63) is 0 Å². The molecule has 18 heavy (non-hydrogen) atoms. The van der Waals surface area contributed by atoms with Crippen molar-refractivity contribution in [3.63, 3.8) is 0 Å². The van der Waals surface area contributed by atoms with Crippen molar-refractivity contribution in [3.8, 4) is 0 Å². The van der Waals surface area contributed by atoms with Gasteiger partial charge < -0.3 is 10.1 Å². The number of hydrogen-bond donors (Lipinski definition) is 1. The van der Waals surface area contributed by atoms with Crippen molar-refractivity contribution >= 4 is 0 Å². The molecule has 1 N–H and O–H groups in total. The molecule has 2 heteroatoms. The number of nitrogens with one attached hydrogen (secondary N) is 1. The molecule has 0 aromatic heterocycles. The van der Waals surface area contributed by atoms with E-state index in [1.165, 1.54) is 51.4 Å². The van der Waals surface area contributed by atoms with Gasteiger partial charge in [-0.15, -0.1) is 0 Å². The summed E-state index contributed by atoms with van der Waals surface area (Å²) < 4.78 is 5.70. The van der Waals surface area contributed by atoms with Crippen LogP contribution in [0, 0.1) is 0 Å². The molecule has 2 unspecified atom stereocenters. The molecule has 0 aliphatic heterocycles. The smallest absolute Gasteiger partial charge is 0.0699 e. The molecule has 0 aromatic carbocycles. The fourth-order valence-corrected chi connectivity index (χ4v) is 2.47. The van der Waals surface area contributed by atoms with Gasteiger partial charge in [0.1, 0.15) is 0 Å². The highest BCUT2D eigenvalue weighted by Gasteiger charge is 2.15. The first-order chi connectivity index (χ1) is 8.76. The minimum atomic E-state index is 0.343. The van der Waals surface area contributed by atoms with E-state index in [9.17, 15) is 0 Å². The van der Waals surface area contributed by atoms with Gasteiger partial charge >= 0.3 is 0 Å². The molecule has 110 valence electrons. The van der Waals surface area contributed by atoms with E-state index >= 15 is 0 Å². The van der Waals surface area contributed by atoms with E-state index in [1.54, 1.807) is 0 Å². The van der Waals surface area contributed by atoms with Crippen LogP contribution in [0.25, 0.3) is 0 Å². The lowest BCUT2D eigenvalue weighted by Crippen LogP contribution is -2.39. The van der Waals surface area contributed by atoms with Crippen molar-refractivity contribution in [1.82, 2.24) is 5.32 Å². The van der Waals surface area contributed by atoms with Gasteiger partial charge in [0.05, 0.1) is 6.10 Å². The van der Waals surface area contributed by atoms with E-state index < -0.39 is 0 Å². The zero-order chi connectivity index (χ0) is 13.6. The molecule has 0 saturated carbocycles. The summed E-state index contributed by atoms with van der Waals surface area (Å²) in [7, 11) is 0. The first-order valence-corrected chi connectivity index (χ1v) is 8.11. The van der Waals surface area contributed by atoms with Crippen LogP contribution in [0.4, 0.5) is 0 Å². The van der Waals surface area contributed by atoms with E-state index in [1.807, 2.05) is 0 Å². The van der Waals surface area contributed by atoms with Gasteiger partial charge in [0, 0.05) is 12.6 Å². The number of likely N-dealkylation sites (N-methyl/N-ethyl adjacent to an activating group) is 1. The highest BCUT2D eigenvalue weighted by atomic mass is 16.5. The van der Waals surface area contributed by atoms with Gasteiger partial charge in [0.25, 0.3) is 0 Å². The van der Waals surface area contributed by atoms with Crippen LogP contribution >= 0.6 is 0 Å². The number of unbranched alkanes of at least 4 members (excludes halogenated alkanes) is 6. The summed E-state index contributed by atoms with van der Waals surface area (Å²) in [6, 6.07) is 0.533. The van der Waals surface area contributed by atoms with Crippen molar-refractivity contribution in [2.45, 2.75) is 91.2 Å². The fourth-order valence-electron chi connectivity index (χ4n) is 2.47. The second-order valence-electron chi connectivity index (χ2n) is 5.23. The summed E-state index contributed by atoms with van der Waals surface area (Å²) in [5, 5.41) is 3.55. The Labute approximate surface area is 115 Å². The van der Waals surface area contributed by atoms with Crippen LogP contribution in [0.15, 0.2) is 0 Å². The van der Waals surface area contributed by atoms with Gasteiger partial charge in [-0.1, -0.05) is 58.8 Å². The van der Waals surface area contributed by atoms with Crippen molar-refractivity contribution in [2.24, 2.45) is 0 Å². The molecule has 0 rings (SSSR count). The van der Waals surface area contributed by atoms with Crippen LogP contribution in [0.2, 0.25) is 0 Å². The highest BCUT2D eigenvalue weighted by molar-refractivity contribution is 4.73. The summed E-state index contributed by atoms with van der Waals surface area (Å²) in [5.74, 6) is 0. The van der Waals surface area contributed by atoms with Gasteiger partial charge in [-0.3, -0.25) is 0 Å². The van der Waals surface area contributed by atoms with E-state index in [0.29, 0.717) is 12.1 Å². The Morgan fingerprint density at radius 3 is 2.06 bits per heavy atom. The highest BCUT2D eigenvalue weighted by Crippen LogP contribution is 2.12. The fraction of sp³-hybridized carbons (Fsp3) is 1.00. The maximum atomic E-state index is 5.70. The van der Waals surface area contributed by atoms with E-state index in [-0.39, 0.29) is 0 Å². The van der Waals surface area contributed by atoms with Gasteiger partial charge in [-0.25, -0.2) is 0 Å². The molecule has 2 atom stereocenters. The van der Waals surface area contributed by atoms with E-state index in [4.69, 9.17) is 4.74 Å². The molecule has 0 radical (unpaired) electrons. The minimum absolute atomic E-state index is 0.343. The van der Waals surface area contributed by atoms with Gasteiger partial charge in [-0.05, 0) is 26.8 Å². The Kier molecular flexibility index (Phi) is 13.3. The molecule has 0 heterocycles.